The van der Waals surface area contributed by atoms with Gasteiger partial charge in [0.1, 0.15) is 17.9 Å². The number of imidazole rings is 1. The summed E-state index contributed by atoms with van der Waals surface area (Å²) in [4.78, 5) is 22.8. The van der Waals surface area contributed by atoms with E-state index in [-0.39, 0.29) is 19.1 Å². The number of ether oxygens (including phenoxy) is 1. The molecule has 0 radical (unpaired) electrons. The van der Waals surface area contributed by atoms with Crippen LogP contribution >= 0.6 is 0 Å². The molecule has 10 nitrogen and oxygen atoms in total. The van der Waals surface area contributed by atoms with Gasteiger partial charge in [-0.25, -0.2) is 27.9 Å². The van der Waals surface area contributed by atoms with Gasteiger partial charge in [0.05, 0.1) is 18.8 Å². The Hall–Kier alpha value is -3.35. The molecule has 0 aromatic carbocycles. The zero-order valence-corrected chi connectivity index (χ0v) is 20.6. The van der Waals surface area contributed by atoms with Crippen molar-refractivity contribution in [3.05, 3.63) is 35.9 Å². The average molecular weight is 531 g/mol. The number of alkyl carbamates (subject to hydrolysis) is 1. The molecule has 0 spiro atoms. The molecule has 4 fully saturated rings. The fourth-order valence-electron chi connectivity index (χ4n) is 6.38. The largest absolute Gasteiger partial charge is 0.443 e. The number of H-pyrrole nitrogens is 1. The monoisotopic (exact) mass is 530 g/mol. The lowest BCUT2D eigenvalue weighted by Crippen LogP contribution is -2.57. The van der Waals surface area contributed by atoms with Gasteiger partial charge in [-0.05, 0) is 50.0 Å². The van der Waals surface area contributed by atoms with Gasteiger partial charge in [-0.2, -0.15) is 5.10 Å². The zero-order chi connectivity index (χ0) is 26.0. The molecule has 3 N–H and O–H groups in total. The van der Waals surface area contributed by atoms with Crippen molar-refractivity contribution in [2.75, 3.05) is 18.4 Å². The number of anilines is 2. The normalized spacial score (nSPS) is 31.7. The number of carbonyl (C=O) groups is 1. The maximum Gasteiger partial charge on any atom is 0.407 e. The molecule has 6 atom stereocenters. The molecule has 3 aliphatic carbocycles. The lowest BCUT2D eigenvalue weighted by Gasteiger charge is -2.52. The third-order valence-electron chi connectivity index (χ3n) is 8.58. The van der Waals surface area contributed by atoms with Crippen LogP contribution in [-0.4, -0.2) is 72.9 Å². The van der Waals surface area contributed by atoms with Gasteiger partial charge in [0.2, 0.25) is 5.95 Å². The lowest BCUT2D eigenvalue weighted by molar-refractivity contribution is -0.134. The standard InChI is InChI=1S/C25H29F3N8O2/c26-22-16(3-4-19(22)38-24(37)31-17-7-13-1-2-15(13)17)18-8-20(34-33-18)32-23-29-6-5-21-30-14(10-36(21)23)9-35-11-25(27,28)12-35/h5-6,8,10,13,15-17,19,22H,1-4,7,9,11-12H2,(H,31,37)(H2,29,32,33,34)/t13?,15?,16-,17?,19-,22+/m1/s1. The molecule has 4 aliphatic rings. The molecule has 1 saturated heterocycles. The summed E-state index contributed by atoms with van der Waals surface area (Å²) in [6.45, 7) is -0.212. The highest BCUT2D eigenvalue weighted by Gasteiger charge is 2.48. The predicted octanol–water partition coefficient (Wildman–Crippen LogP) is 3.76. The van der Waals surface area contributed by atoms with Gasteiger partial charge in [-0.3, -0.25) is 14.4 Å². The molecule has 3 unspecified atom stereocenters. The number of alkyl halides is 3. The van der Waals surface area contributed by atoms with Crippen LogP contribution in [0.15, 0.2) is 24.5 Å². The van der Waals surface area contributed by atoms with Crippen LogP contribution in [0.2, 0.25) is 0 Å². The van der Waals surface area contributed by atoms with E-state index in [1.807, 2.05) is 0 Å². The van der Waals surface area contributed by atoms with Crippen LogP contribution in [-0.2, 0) is 11.3 Å². The number of aromatic amines is 1. The molecule has 13 heteroatoms. The summed E-state index contributed by atoms with van der Waals surface area (Å²) >= 11 is 0. The van der Waals surface area contributed by atoms with E-state index >= 15 is 4.39 Å². The Bertz CT molecular complexity index is 1350. The first-order valence-corrected chi connectivity index (χ1v) is 13.2. The van der Waals surface area contributed by atoms with Crippen LogP contribution in [0, 0.1) is 11.8 Å². The minimum Gasteiger partial charge on any atom is -0.443 e. The van der Waals surface area contributed by atoms with E-state index in [9.17, 15) is 13.6 Å². The predicted molar refractivity (Wildman–Crippen MR) is 130 cm³/mol. The number of carbonyl (C=O) groups excluding carboxylic acids is 1. The minimum atomic E-state index is -2.63. The molecule has 0 bridgehead atoms. The van der Waals surface area contributed by atoms with Crippen molar-refractivity contribution >= 4 is 23.5 Å². The van der Waals surface area contributed by atoms with Gasteiger partial charge in [0.25, 0.3) is 5.92 Å². The van der Waals surface area contributed by atoms with Gasteiger partial charge >= 0.3 is 6.09 Å². The molecule has 7 rings (SSSR count). The van der Waals surface area contributed by atoms with Crippen molar-refractivity contribution in [3.63, 3.8) is 0 Å². The number of halogens is 3. The molecule has 3 aromatic rings. The molecule has 1 aliphatic heterocycles. The molecule has 202 valence electrons. The van der Waals surface area contributed by atoms with Crippen molar-refractivity contribution in [1.29, 1.82) is 0 Å². The van der Waals surface area contributed by atoms with Crippen molar-refractivity contribution < 1.29 is 22.7 Å². The first-order chi connectivity index (χ1) is 18.3. The maximum atomic E-state index is 15.3. The topological polar surface area (TPSA) is 112 Å². The summed E-state index contributed by atoms with van der Waals surface area (Å²) in [6, 6.07) is 3.63. The first-order valence-electron chi connectivity index (χ1n) is 13.2. The van der Waals surface area contributed by atoms with Crippen molar-refractivity contribution in [2.24, 2.45) is 11.8 Å². The third-order valence-corrected chi connectivity index (χ3v) is 8.58. The van der Waals surface area contributed by atoms with Gasteiger partial charge < -0.3 is 15.4 Å². The average Bonchev–Trinajstić information content (AvgIpc) is 3.55. The second-order valence-electron chi connectivity index (χ2n) is 11.1. The van der Waals surface area contributed by atoms with Gasteiger partial charge in [-0.1, -0.05) is 0 Å². The number of amides is 1. The van der Waals surface area contributed by atoms with Crippen LogP contribution in [0.25, 0.3) is 5.65 Å². The highest BCUT2D eigenvalue weighted by atomic mass is 19.3. The number of hydrogen-bond acceptors (Lipinski definition) is 7. The molecular formula is C25H29F3N8O2. The van der Waals surface area contributed by atoms with E-state index < -0.39 is 30.2 Å². The Labute approximate surface area is 216 Å². The van der Waals surface area contributed by atoms with Crippen LogP contribution in [0.1, 0.15) is 49.4 Å². The van der Waals surface area contributed by atoms with Crippen LogP contribution < -0.4 is 10.6 Å². The lowest BCUT2D eigenvalue weighted by atomic mass is 9.56. The number of nitrogens with zero attached hydrogens (tertiary/aromatic N) is 5. The fourth-order valence-corrected chi connectivity index (χ4v) is 6.38. The number of rotatable bonds is 7. The summed E-state index contributed by atoms with van der Waals surface area (Å²) in [6.07, 6.45) is 5.06. The maximum absolute atomic E-state index is 15.3. The van der Waals surface area contributed by atoms with E-state index in [2.05, 4.69) is 30.8 Å². The molecule has 1 amide bonds. The van der Waals surface area contributed by atoms with Crippen molar-refractivity contribution in [2.45, 2.75) is 68.8 Å². The molecule has 3 aromatic heterocycles. The van der Waals surface area contributed by atoms with Gasteiger partial charge in [0.15, 0.2) is 5.82 Å². The summed E-state index contributed by atoms with van der Waals surface area (Å²) < 4.78 is 48.8. The van der Waals surface area contributed by atoms with E-state index in [0.29, 0.717) is 54.1 Å². The van der Waals surface area contributed by atoms with Crippen LogP contribution in [0.3, 0.4) is 0 Å². The Balaban J connectivity index is 0.974. The second kappa shape index (κ2) is 8.85. The number of nitrogens with one attached hydrogen (secondary N) is 3. The van der Waals surface area contributed by atoms with Crippen LogP contribution in [0.5, 0.6) is 0 Å². The van der Waals surface area contributed by atoms with Crippen LogP contribution in [0.4, 0.5) is 29.7 Å². The summed E-state index contributed by atoms with van der Waals surface area (Å²) in [7, 11) is 0. The van der Waals surface area contributed by atoms with E-state index in [1.54, 1.807) is 33.8 Å². The Morgan fingerprint density at radius 1 is 1.24 bits per heavy atom. The highest BCUT2D eigenvalue weighted by Crippen LogP contribution is 2.50. The van der Waals surface area contributed by atoms with Crippen molar-refractivity contribution in [1.82, 2.24) is 34.8 Å². The molecule has 3 saturated carbocycles. The summed E-state index contributed by atoms with van der Waals surface area (Å²) in [5, 5.41) is 13.2. The number of likely N-dealkylation sites (tertiary alicyclic amines) is 1. The quantitative estimate of drug-likeness (QED) is 0.427. The van der Waals surface area contributed by atoms with Crippen molar-refractivity contribution in [3.8, 4) is 0 Å². The van der Waals surface area contributed by atoms with E-state index in [0.717, 1.165) is 18.8 Å². The smallest absolute Gasteiger partial charge is 0.407 e. The Morgan fingerprint density at radius 3 is 2.84 bits per heavy atom. The van der Waals surface area contributed by atoms with E-state index in [1.165, 1.54) is 6.42 Å². The third kappa shape index (κ3) is 4.26. The zero-order valence-electron chi connectivity index (χ0n) is 20.6. The summed E-state index contributed by atoms with van der Waals surface area (Å²) in [5.41, 5.74) is 1.89. The molecular weight excluding hydrogens is 501 g/mol. The highest BCUT2D eigenvalue weighted by molar-refractivity contribution is 5.68. The van der Waals surface area contributed by atoms with Gasteiger partial charge in [-0.15, -0.1) is 0 Å². The molecule has 38 heavy (non-hydrogen) atoms. The minimum absolute atomic E-state index is 0.169. The first kappa shape index (κ1) is 23.7. The van der Waals surface area contributed by atoms with E-state index in [4.69, 9.17) is 4.74 Å². The number of hydrogen-bond donors (Lipinski definition) is 3. The molecule has 4 heterocycles. The summed E-state index contributed by atoms with van der Waals surface area (Å²) in [5.74, 6) is -0.886. The Kier molecular flexibility index (Phi) is 5.53. The van der Waals surface area contributed by atoms with Gasteiger partial charge in [0, 0.05) is 42.7 Å². The number of aromatic nitrogens is 5. The fraction of sp³-hybridized carbons (Fsp3) is 0.600. The Morgan fingerprint density at radius 2 is 2.11 bits per heavy atom. The number of fused-ring (bicyclic) bond motifs is 2. The second-order valence-corrected chi connectivity index (χ2v) is 11.1. The SMILES string of the molecule is O=C(NC1CC2CCC21)O[C@@H]1CC[C@H](c2cc(Nc3nccc4nc(CN5CC(F)(F)C5)cn34)n[nH]2)[C@@H]1F.